The molecule has 1 aliphatic heterocycles. The Bertz CT molecular complexity index is 540. The maximum Gasteiger partial charge on any atom is 0.223 e. The Kier molecular flexibility index (Phi) is 7.52. The molecule has 1 aliphatic rings. The van der Waals surface area contributed by atoms with Crippen molar-refractivity contribution in [3.8, 4) is 5.75 Å². The molecule has 5 nitrogen and oxygen atoms in total. The summed E-state index contributed by atoms with van der Waals surface area (Å²) in [7, 11) is 1.72. The maximum atomic E-state index is 12.1. The highest BCUT2D eigenvalue weighted by Crippen LogP contribution is 2.28. The van der Waals surface area contributed by atoms with Gasteiger partial charge in [0.05, 0.1) is 24.1 Å². The molecular formula is C18H27BrN2O3. The van der Waals surface area contributed by atoms with Gasteiger partial charge in [0.1, 0.15) is 5.75 Å². The molecule has 0 saturated carbocycles. The number of aryl methyl sites for hydroxylation is 1. The van der Waals surface area contributed by atoms with Crippen molar-refractivity contribution in [1.29, 1.82) is 0 Å². The summed E-state index contributed by atoms with van der Waals surface area (Å²) < 4.78 is 12.0. The van der Waals surface area contributed by atoms with Crippen molar-refractivity contribution in [2.75, 3.05) is 40.0 Å². The van der Waals surface area contributed by atoms with Crippen LogP contribution in [-0.4, -0.2) is 45.9 Å². The summed E-state index contributed by atoms with van der Waals surface area (Å²) in [5.41, 5.74) is 1.22. The quantitative estimate of drug-likeness (QED) is 0.706. The average molecular weight is 399 g/mol. The molecule has 2 N–H and O–H groups in total. The van der Waals surface area contributed by atoms with E-state index in [1.165, 1.54) is 0 Å². The van der Waals surface area contributed by atoms with Crippen molar-refractivity contribution in [3.63, 3.8) is 0 Å². The molecule has 0 spiro atoms. The van der Waals surface area contributed by atoms with E-state index in [0.29, 0.717) is 26.2 Å². The summed E-state index contributed by atoms with van der Waals surface area (Å²) >= 11 is 3.48. The molecule has 0 bridgehead atoms. The van der Waals surface area contributed by atoms with E-state index in [1.807, 2.05) is 25.1 Å². The van der Waals surface area contributed by atoms with Gasteiger partial charge in [0, 0.05) is 19.1 Å². The van der Waals surface area contributed by atoms with Crippen LogP contribution in [0.25, 0.3) is 0 Å². The minimum atomic E-state index is 0.0206. The van der Waals surface area contributed by atoms with E-state index in [0.717, 1.165) is 41.7 Å². The molecule has 1 aromatic rings. The van der Waals surface area contributed by atoms with Crippen molar-refractivity contribution in [3.05, 3.63) is 28.2 Å². The van der Waals surface area contributed by atoms with Gasteiger partial charge in [0.2, 0.25) is 5.91 Å². The van der Waals surface area contributed by atoms with Gasteiger partial charge in [-0.05, 0) is 66.5 Å². The van der Waals surface area contributed by atoms with Gasteiger partial charge in [-0.2, -0.15) is 0 Å². The van der Waals surface area contributed by atoms with Gasteiger partial charge in [-0.1, -0.05) is 6.07 Å². The number of halogens is 1. The van der Waals surface area contributed by atoms with Crippen LogP contribution >= 0.6 is 15.9 Å². The molecule has 0 aliphatic carbocycles. The van der Waals surface area contributed by atoms with Crippen LogP contribution in [0.15, 0.2) is 22.7 Å². The molecule has 0 unspecified atom stereocenters. The van der Waals surface area contributed by atoms with Gasteiger partial charge in [0.15, 0.2) is 0 Å². The standard InChI is InChI=1S/C18H27BrN2O3/c1-14-3-4-16(15(19)11-14)24-10-5-17(22)21-12-18(13-23-2)6-8-20-9-7-18/h3-4,11,20H,5-10,12-13H2,1-2H3,(H,21,22). The van der Waals surface area contributed by atoms with E-state index in [4.69, 9.17) is 9.47 Å². The molecular weight excluding hydrogens is 372 g/mol. The van der Waals surface area contributed by atoms with E-state index < -0.39 is 0 Å². The SMILES string of the molecule is COCC1(CNC(=O)CCOc2ccc(C)cc2Br)CCNCC1. The van der Waals surface area contributed by atoms with Crippen LogP contribution in [0.1, 0.15) is 24.8 Å². The van der Waals surface area contributed by atoms with Gasteiger partial charge in [0.25, 0.3) is 0 Å². The van der Waals surface area contributed by atoms with Gasteiger partial charge >= 0.3 is 0 Å². The number of rotatable bonds is 8. The molecule has 1 fully saturated rings. The second-order valence-electron chi connectivity index (χ2n) is 6.49. The topological polar surface area (TPSA) is 59.6 Å². The fourth-order valence-corrected chi connectivity index (χ4v) is 3.59. The fraction of sp³-hybridized carbons (Fsp3) is 0.611. The predicted octanol–water partition coefficient (Wildman–Crippen LogP) is 2.66. The molecule has 24 heavy (non-hydrogen) atoms. The first-order chi connectivity index (χ1) is 11.5. The van der Waals surface area contributed by atoms with Crippen LogP contribution < -0.4 is 15.4 Å². The number of piperidine rings is 1. The van der Waals surface area contributed by atoms with Gasteiger partial charge in [-0.25, -0.2) is 0 Å². The van der Waals surface area contributed by atoms with E-state index in [-0.39, 0.29) is 11.3 Å². The summed E-state index contributed by atoms with van der Waals surface area (Å²) in [4.78, 5) is 12.1. The average Bonchev–Trinajstić information content (AvgIpc) is 2.56. The number of carbonyl (C=O) groups excluding carboxylic acids is 1. The third kappa shape index (κ3) is 5.76. The van der Waals surface area contributed by atoms with Crippen LogP contribution in [0.5, 0.6) is 5.75 Å². The van der Waals surface area contributed by atoms with Crippen molar-refractivity contribution in [1.82, 2.24) is 10.6 Å². The smallest absolute Gasteiger partial charge is 0.223 e. The van der Waals surface area contributed by atoms with Crippen molar-refractivity contribution in [2.24, 2.45) is 5.41 Å². The normalized spacial score (nSPS) is 16.6. The summed E-state index contributed by atoms with van der Waals surface area (Å²) in [5, 5.41) is 6.40. The molecule has 1 amide bonds. The molecule has 0 aromatic heterocycles. The lowest BCUT2D eigenvalue weighted by molar-refractivity contribution is -0.122. The first-order valence-corrected chi connectivity index (χ1v) is 9.19. The van der Waals surface area contributed by atoms with Crippen LogP contribution in [0, 0.1) is 12.3 Å². The number of ether oxygens (including phenoxy) is 2. The minimum Gasteiger partial charge on any atom is -0.492 e. The molecule has 0 radical (unpaired) electrons. The van der Waals surface area contributed by atoms with Gasteiger partial charge < -0.3 is 20.1 Å². The lowest BCUT2D eigenvalue weighted by Crippen LogP contribution is -2.47. The Labute approximate surface area is 152 Å². The van der Waals surface area contributed by atoms with E-state index >= 15 is 0 Å². The Morgan fingerprint density at radius 3 is 2.79 bits per heavy atom. The highest BCUT2D eigenvalue weighted by atomic mass is 79.9. The van der Waals surface area contributed by atoms with Crippen molar-refractivity contribution in [2.45, 2.75) is 26.2 Å². The fourth-order valence-electron chi connectivity index (χ4n) is 2.99. The largest absolute Gasteiger partial charge is 0.492 e. The third-order valence-corrected chi connectivity index (χ3v) is 5.07. The lowest BCUT2D eigenvalue weighted by Gasteiger charge is -2.37. The molecule has 1 aromatic carbocycles. The lowest BCUT2D eigenvalue weighted by atomic mass is 9.79. The predicted molar refractivity (Wildman–Crippen MR) is 98.4 cm³/mol. The summed E-state index contributed by atoms with van der Waals surface area (Å²) in [5.74, 6) is 0.787. The zero-order valence-electron chi connectivity index (χ0n) is 14.5. The number of benzene rings is 1. The molecule has 134 valence electrons. The number of amides is 1. The second kappa shape index (κ2) is 9.39. The highest BCUT2D eigenvalue weighted by Gasteiger charge is 2.32. The zero-order chi connectivity index (χ0) is 17.4. The molecule has 0 atom stereocenters. The van der Waals surface area contributed by atoms with Gasteiger partial charge in [-0.15, -0.1) is 0 Å². The third-order valence-electron chi connectivity index (χ3n) is 4.45. The minimum absolute atomic E-state index is 0.0206. The van der Waals surface area contributed by atoms with Crippen LogP contribution in [0.4, 0.5) is 0 Å². The molecule has 2 rings (SSSR count). The molecule has 1 heterocycles. The van der Waals surface area contributed by atoms with Gasteiger partial charge in [-0.3, -0.25) is 4.79 Å². The van der Waals surface area contributed by atoms with E-state index in [1.54, 1.807) is 7.11 Å². The van der Waals surface area contributed by atoms with Crippen LogP contribution in [0.2, 0.25) is 0 Å². The summed E-state index contributed by atoms with van der Waals surface area (Å²) in [6, 6.07) is 5.91. The van der Waals surface area contributed by atoms with E-state index in [2.05, 4.69) is 26.6 Å². The van der Waals surface area contributed by atoms with E-state index in [9.17, 15) is 4.79 Å². The molecule has 6 heteroatoms. The Balaban J connectivity index is 1.74. The zero-order valence-corrected chi connectivity index (χ0v) is 16.1. The highest BCUT2D eigenvalue weighted by molar-refractivity contribution is 9.10. The Morgan fingerprint density at radius 2 is 2.12 bits per heavy atom. The van der Waals surface area contributed by atoms with Crippen LogP contribution in [0.3, 0.4) is 0 Å². The number of carbonyl (C=O) groups is 1. The number of methoxy groups -OCH3 is 1. The Hall–Kier alpha value is -1.11. The second-order valence-corrected chi connectivity index (χ2v) is 7.35. The number of nitrogens with one attached hydrogen (secondary N) is 2. The number of hydrogen-bond donors (Lipinski definition) is 2. The summed E-state index contributed by atoms with van der Waals surface area (Å²) in [6.45, 7) is 5.69. The Morgan fingerprint density at radius 1 is 1.38 bits per heavy atom. The first-order valence-electron chi connectivity index (χ1n) is 8.40. The summed E-state index contributed by atoms with van der Waals surface area (Å²) in [6.07, 6.45) is 2.39. The number of hydrogen-bond acceptors (Lipinski definition) is 4. The van der Waals surface area contributed by atoms with Crippen molar-refractivity contribution < 1.29 is 14.3 Å². The monoisotopic (exact) mass is 398 g/mol. The van der Waals surface area contributed by atoms with Crippen LogP contribution in [-0.2, 0) is 9.53 Å². The first kappa shape index (κ1) is 19.2. The maximum absolute atomic E-state index is 12.1. The molecule has 1 saturated heterocycles. The van der Waals surface area contributed by atoms with Crippen molar-refractivity contribution >= 4 is 21.8 Å².